The number of carbonyl (C=O) groups is 1. The van der Waals surface area contributed by atoms with E-state index < -0.39 is 0 Å². The maximum absolute atomic E-state index is 12.4. The first-order valence-electron chi connectivity index (χ1n) is 7.50. The fourth-order valence-corrected chi connectivity index (χ4v) is 4.37. The molecule has 1 heterocycles. The van der Waals surface area contributed by atoms with Crippen molar-refractivity contribution in [3.63, 3.8) is 0 Å². The molecular weight excluding hydrogens is 349 g/mol. The van der Waals surface area contributed by atoms with Crippen LogP contribution in [0.2, 0.25) is 10.0 Å². The second kappa shape index (κ2) is 7.61. The molecule has 1 amide bonds. The molecule has 5 heteroatoms. The van der Waals surface area contributed by atoms with Crippen molar-refractivity contribution in [2.75, 3.05) is 12.3 Å². The van der Waals surface area contributed by atoms with Crippen LogP contribution >= 0.6 is 35.0 Å². The zero-order valence-electron chi connectivity index (χ0n) is 12.6. The van der Waals surface area contributed by atoms with Crippen LogP contribution in [0.3, 0.4) is 0 Å². The Morgan fingerprint density at radius 2 is 1.74 bits per heavy atom. The molecule has 0 aliphatic carbocycles. The second-order valence-corrected chi connectivity index (χ2v) is 7.33. The van der Waals surface area contributed by atoms with E-state index in [0.717, 1.165) is 18.5 Å². The van der Waals surface area contributed by atoms with Crippen molar-refractivity contribution in [2.24, 2.45) is 0 Å². The van der Waals surface area contributed by atoms with Crippen LogP contribution in [0.25, 0.3) is 0 Å². The summed E-state index contributed by atoms with van der Waals surface area (Å²) in [5.41, 5.74) is 3.51. The topological polar surface area (TPSA) is 20.3 Å². The van der Waals surface area contributed by atoms with E-state index in [-0.39, 0.29) is 5.91 Å². The Balaban J connectivity index is 1.55. The third kappa shape index (κ3) is 4.03. The first-order chi connectivity index (χ1) is 11.1. The number of hydrogen-bond donors (Lipinski definition) is 0. The summed E-state index contributed by atoms with van der Waals surface area (Å²) in [5.74, 6) is 1.27. The fraction of sp³-hybridized carbons (Fsp3) is 0.278. The molecule has 1 aliphatic rings. The maximum atomic E-state index is 12.4. The summed E-state index contributed by atoms with van der Waals surface area (Å²) in [6.07, 6.45) is 0.933. The first kappa shape index (κ1) is 16.7. The van der Waals surface area contributed by atoms with Crippen molar-refractivity contribution in [1.29, 1.82) is 0 Å². The zero-order valence-corrected chi connectivity index (χ0v) is 14.9. The molecule has 0 bridgehead atoms. The molecule has 23 heavy (non-hydrogen) atoms. The highest BCUT2D eigenvalue weighted by molar-refractivity contribution is 7.99. The van der Waals surface area contributed by atoms with Gasteiger partial charge in [0.05, 0.1) is 5.75 Å². The number of hydrogen-bond acceptors (Lipinski definition) is 2. The van der Waals surface area contributed by atoms with Gasteiger partial charge in [-0.2, -0.15) is 0 Å². The molecule has 2 aromatic carbocycles. The number of halogens is 2. The Labute approximate surface area is 150 Å². The average Bonchev–Trinajstić information content (AvgIpc) is 2.57. The first-order valence-corrected chi connectivity index (χ1v) is 9.41. The summed E-state index contributed by atoms with van der Waals surface area (Å²) in [7, 11) is 0. The van der Waals surface area contributed by atoms with Gasteiger partial charge in [-0.15, -0.1) is 11.8 Å². The zero-order chi connectivity index (χ0) is 16.2. The van der Waals surface area contributed by atoms with Crippen LogP contribution in [0.5, 0.6) is 0 Å². The lowest BCUT2D eigenvalue weighted by atomic mass is 10.00. The summed E-state index contributed by atoms with van der Waals surface area (Å²) in [6, 6.07) is 13.8. The van der Waals surface area contributed by atoms with E-state index in [2.05, 4.69) is 18.2 Å². The second-order valence-electron chi connectivity index (χ2n) is 5.53. The van der Waals surface area contributed by atoms with Crippen LogP contribution in [0.1, 0.15) is 16.7 Å². The number of thioether (sulfide) groups is 1. The summed E-state index contributed by atoms with van der Waals surface area (Å²) < 4.78 is 0. The highest BCUT2D eigenvalue weighted by atomic mass is 35.5. The van der Waals surface area contributed by atoms with Crippen molar-refractivity contribution in [3.8, 4) is 0 Å². The molecule has 0 saturated heterocycles. The van der Waals surface area contributed by atoms with Crippen LogP contribution in [-0.2, 0) is 23.5 Å². The highest BCUT2D eigenvalue weighted by Gasteiger charge is 2.20. The summed E-state index contributed by atoms with van der Waals surface area (Å²) in [4.78, 5) is 14.3. The van der Waals surface area contributed by atoms with Crippen molar-refractivity contribution < 1.29 is 4.79 Å². The van der Waals surface area contributed by atoms with Crippen LogP contribution in [-0.4, -0.2) is 23.1 Å². The monoisotopic (exact) mass is 365 g/mol. The molecule has 0 spiro atoms. The van der Waals surface area contributed by atoms with Crippen LogP contribution in [0, 0.1) is 0 Å². The molecular formula is C18H17Cl2NOS. The summed E-state index contributed by atoms with van der Waals surface area (Å²) in [6.45, 7) is 1.51. The quantitative estimate of drug-likeness (QED) is 0.774. The minimum absolute atomic E-state index is 0.174. The van der Waals surface area contributed by atoms with Gasteiger partial charge in [0, 0.05) is 28.9 Å². The SMILES string of the molecule is O=C(CSCc1c(Cl)cccc1Cl)N1CCc2ccccc2C1. The van der Waals surface area contributed by atoms with Crippen LogP contribution < -0.4 is 0 Å². The van der Waals surface area contributed by atoms with E-state index in [1.54, 1.807) is 11.8 Å². The molecule has 0 N–H and O–H groups in total. The lowest BCUT2D eigenvalue weighted by molar-refractivity contribution is -0.129. The molecule has 0 unspecified atom stereocenters. The molecule has 0 fully saturated rings. The van der Waals surface area contributed by atoms with Crippen LogP contribution in [0.15, 0.2) is 42.5 Å². The Kier molecular flexibility index (Phi) is 5.52. The van der Waals surface area contributed by atoms with Gasteiger partial charge in [0.15, 0.2) is 0 Å². The van der Waals surface area contributed by atoms with E-state index in [1.807, 2.05) is 29.2 Å². The van der Waals surface area contributed by atoms with E-state index in [0.29, 0.717) is 28.1 Å². The minimum Gasteiger partial charge on any atom is -0.337 e. The lowest BCUT2D eigenvalue weighted by Crippen LogP contribution is -2.37. The molecule has 0 aromatic heterocycles. The third-order valence-corrected chi connectivity index (χ3v) is 5.67. The van der Waals surface area contributed by atoms with Gasteiger partial charge < -0.3 is 4.90 Å². The van der Waals surface area contributed by atoms with Gasteiger partial charge in [-0.1, -0.05) is 53.5 Å². The fourth-order valence-electron chi connectivity index (χ4n) is 2.71. The average molecular weight is 366 g/mol. The van der Waals surface area contributed by atoms with Crippen LogP contribution in [0.4, 0.5) is 0 Å². The smallest absolute Gasteiger partial charge is 0.232 e. The van der Waals surface area contributed by atoms with Crippen molar-refractivity contribution in [1.82, 2.24) is 4.90 Å². The molecule has 2 aromatic rings. The van der Waals surface area contributed by atoms with Gasteiger partial charge in [0.1, 0.15) is 0 Å². The Morgan fingerprint density at radius 3 is 2.48 bits per heavy atom. The number of carbonyl (C=O) groups excluding carboxylic acids is 1. The number of fused-ring (bicyclic) bond motifs is 1. The van der Waals surface area contributed by atoms with Gasteiger partial charge >= 0.3 is 0 Å². The van der Waals surface area contributed by atoms with Crippen molar-refractivity contribution in [3.05, 3.63) is 69.2 Å². The Hall–Kier alpha value is -1.16. The lowest BCUT2D eigenvalue weighted by Gasteiger charge is -2.28. The van der Waals surface area contributed by atoms with Crippen molar-refractivity contribution in [2.45, 2.75) is 18.7 Å². The predicted molar refractivity (Wildman–Crippen MR) is 98.2 cm³/mol. The number of benzene rings is 2. The molecule has 0 radical (unpaired) electrons. The molecule has 0 atom stereocenters. The normalized spacial score (nSPS) is 13.7. The van der Waals surface area contributed by atoms with Gasteiger partial charge in [0.25, 0.3) is 0 Å². The van der Waals surface area contributed by atoms with Gasteiger partial charge in [-0.3, -0.25) is 4.79 Å². The molecule has 3 rings (SSSR count). The minimum atomic E-state index is 0.174. The van der Waals surface area contributed by atoms with E-state index in [1.165, 1.54) is 11.1 Å². The molecule has 1 aliphatic heterocycles. The highest BCUT2D eigenvalue weighted by Crippen LogP contribution is 2.28. The Bertz CT molecular complexity index is 700. The number of nitrogens with zero attached hydrogens (tertiary/aromatic N) is 1. The molecule has 2 nitrogen and oxygen atoms in total. The van der Waals surface area contributed by atoms with Gasteiger partial charge in [0.2, 0.25) is 5.91 Å². The largest absolute Gasteiger partial charge is 0.337 e. The van der Waals surface area contributed by atoms with Gasteiger partial charge in [-0.25, -0.2) is 0 Å². The van der Waals surface area contributed by atoms with E-state index in [4.69, 9.17) is 23.2 Å². The van der Waals surface area contributed by atoms with Gasteiger partial charge in [-0.05, 0) is 35.2 Å². The van der Waals surface area contributed by atoms with E-state index in [9.17, 15) is 4.79 Å². The summed E-state index contributed by atoms with van der Waals surface area (Å²) >= 11 is 13.9. The predicted octanol–water partition coefficient (Wildman–Crippen LogP) is 4.81. The van der Waals surface area contributed by atoms with E-state index >= 15 is 0 Å². The third-order valence-electron chi connectivity index (χ3n) is 4.02. The molecule has 0 saturated carbocycles. The number of rotatable bonds is 4. The maximum Gasteiger partial charge on any atom is 0.232 e. The standard InChI is InChI=1S/C18H17Cl2NOS/c19-16-6-3-7-17(20)15(16)11-23-12-18(22)21-9-8-13-4-1-2-5-14(13)10-21/h1-7H,8-12H2. The molecule has 120 valence electrons. The summed E-state index contributed by atoms with van der Waals surface area (Å²) in [5, 5.41) is 1.31. The number of amides is 1. The van der Waals surface area contributed by atoms with Crippen molar-refractivity contribution >= 4 is 40.9 Å². The Morgan fingerprint density at radius 1 is 1.04 bits per heavy atom.